The highest BCUT2D eigenvalue weighted by Crippen LogP contribution is 1.98. The Morgan fingerprint density at radius 2 is 2.08 bits per heavy atom. The first-order chi connectivity index (χ1) is 5.91. The fraction of sp³-hybridized carbons (Fsp3) is 0.750. The predicted octanol–water partition coefficient (Wildman–Crippen LogP) is 0.790. The molecule has 0 aromatic rings. The summed E-state index contributed by atoms with van der Waals surface area (Å²) >= 11 is 0. The molecule has 12 heavy (non-hydrogen) atoms. The second-order valence-electron chi connectivity index (χ2n) is 2.43. The lowest BCUT2D eigenvalue weighted by molar-refractivity contribution is -0.109. The minimum absolute atomic E-state index is 0.512. The minimum atomic E-state index is 0.512. The summed E-state index contributed by atoms with van der Waals surface area (Å²) in [5.41, 5.74) is 0. The standard InChI is InChI=1S/C8H14N2O2/c9-7-12-6-4-2-1-3-5-10-8-11/h8H,1-6H2,(H,10,11). The first-order valence-electron chi connectivity index (χ1n) is 4.09. The van der Waals surface area contributed by atoms with E-state index < -0.39 is 0 Å². The maximum absolute atomic E-state index is 9.81. The van der Waals surface area contributed by atoms with Gasteiger partial charge in [-0.3, -0.25) is 4.79 Å². The summed E-state index contributed by atoms with van der Waals surface area (Å²) in [6, 6.07) is 0. The molecule has 1 amide bonds. The lowest BCUT2D eigenvalue weighted by Gasteiger charge is -1.98. The molecule has 0 radical (unpaired) electrons. The Balaban J connectivity index is 2.82. The van der Waals surface area contributed by atoms with Crippen LogP contribution in [-0.4, -0.2) is 19.6 Å². The number of hydrogen-bond acceptors (Lipinski definition) is 3. The number of rotatable bonds is 8. The molecule has 1 N–H and O–H groups in total. The molecule has 0 aromatic carbocycles. The van der Waals surface area contributed by atoms with Gasteiger partial charge in [0.1, 0.15) is 6.61 Å². The largest absolute Gasteiger partial charge is 0.428 e. The molecule has 0 aliphatic rings. The third kappa shape index (κ3) is 8.76. The third-order valence-electron chi connectivity index (χ3n) is 1.47. The zero-order valence-electron chi connectivity index (χ0n) is 7.08. The number of carbonyl (C=O) groups is 1. The molecule has 0 rings (SSSR count). The van der Waals surface area contributed by atoms with E-state index in [1.807, 2.05) is 0 Å². The molecule has 4 nitrogen and oxygen atoms in total. The van der Waals surface area contributed by atoms with Crippen LogP contribution in [0.1, 0.15) is 25.7 Å². The van der Waals surface area contributed by atoms with E-state index in [2.05, 4.69) is 10.1 Å². The number of nitrogens with zero attached hydrogens (tertiary/aromatic N) is 1. The van der Waals surface area contributed by atoms with Crippen molar-refractivity contribution in [2.75, 3.05) is 13.2 Å². The first kappa shape index (κ1) is 10.8. The highest BCUT2D eigenvalue weighted by Gasteiger charge is 1.89. The molecular formula is C8H14N2O2. The SMILES string of the molecule is N#COCCCCCCNC=O. The van der Waals surface area contributed by atoms with Crippen LogP contribution < -0.4 is 5.32 Å². The lowest BCUT2D eigenvalue weighted by atomic mass is 10.2. The average Bonchev–Trinajstić information content (AvgIpc) is 2.10. The molecule has 0 unspecified atom stereocenters. The van der Waals surface area contributed by atoms with E-state index >= 15 is 0 Å². The summed E-state index contributed by atoms with van der Waals surface area (Å²) < 4.78 is 4.49. The predicted molar refractivity (Wildman–Crippen MR) is 44.1 cm³/mol. The van der Waals surface area contributed by atoms with E-state index in [4.69, 9.17) is 5.26 Å². The molecule has 0 atom stereocenters. The van der Waals surface area contributed by atoms with Crippen molar-refractivity contribution in [2.45, 2.75) is 25.7 Å². The summed E-state index contributed by atoms with van der Waals surface area (Å²) in [5.74, 6) is 0. The van der Waals surface area contributed by atoms with Gasteiger partial charge in [-0.25, -0.2) is 0 Å². The topological polar surface area (TPSA) is 62.1 Å². The number of amides is 1. The Bertz CT molecular complexity index is 142. The summed E-state index contributed by atoms with van der Waals surface area (Å²) in [4.78, 5) is 9.81. The number of carbonyl (C=O) groups excluding carboxylic acids is 1. The average molecular weight is 170 g/mol. The molecule has 68 valence electrons. The number of nitriles is 1. The zero-order valence-corrected chi connectivity index (χ0v) is 7.08. The van der Waals surface area contributed by atoms with E-state index in [0.717, 1.165) is 32.2 Å². The Morgan fingerprint density at radius 3 is 2.75 bits per heavy atom. The van der Waals surface area contributed by atoms with Crippen LogP contribution in [0.5, 0.6) is 0 Å². The van der Waals surface area contributed by atoms with Gasteiger partial charge in [0.2, 0.25) is 6.41 Å². The quantitative estimate of drug-likeness (QED) is 0.333. The van der Waals surface area contributed by atoms with E-state index in [9.17, 15) is 4.79 Å². The first-order valence-corrected chi connectivity index (χ1v) is 4.09. The van der Waals surface area contributed by atoms with Crippen molar-refractivity contribution in [3.05, 3.63) is 0 Å². The summed E-state index contributed by atoms with van der Waals surface area (Å²) in [6.07, 6.45) is 6.34. The normalized spacial score (nSPS) is 8.58. The second kappa shape index (κ2) is 9.76. The fourth-order valence-corrected chi connectivity index (χ4v) is 0.859. The van der Waals surface area contributed by atoms with Crippen LogP contribution in [-0.2, 0) is 9.53 Å². The van der Waals surface area contributed by atoms with Crippen LogP contribution in [0, 0.1) is 11.5 Å². The van der Waals surface area contributed by atoms with Gasteiger partial charge >= 0.3 is 0 Å². The highest BCUT2D eigenvalue weighted by atomic mass is 16.5. The van der Waals surface area contributed by atoms with Crippen molar-refractivity contribution in [1.29, 1.82) is 5.26 Å². The Labute approximate surface area is 72.5 Å². The molecule has 0 heterocycles. The van der Waals surface area contributed by atoms with Gasteiger partial charge in [-0.05, 0) is 19.3 Å². The van der Waals surface area contributed by atoms with Crippen molar-refractivity contribution in [3.63, 3.8) is 0 Å². The Morgan fingerprint density at radius 1 is 1.33 bits per heavy atom. The molecule has 0 spiro atoms. The van der Waals surface area contributed by atoms with Crippen LogP contribution in [0.15, 0.2) is 0 Å². The second-order valence-corrected chi connectivity index (χ2v) is 2.43. The number of unbranched alkanes of at least 4 members (excludes halogenated alkanes) is 3. The molecule has 0 aliphatic carbocycles. The van der Waals surface area contributed by atoms with E-state index in [-0.39, 0.29) is 0 Å². The molecule has 0 saturated carbocycles. The maximum Gasteiger partial charge on any atom is 0.286 e. The van der Waals surface area contributed by atoms with Gasteiger partial charge in [-0.15, -0.1) is 0 Å². The van der Waals surface area contributed by atoms with Crippen LogP contribution in [0.3, 0.4) is 0 Å². The van der Waals surface area contributed by atoms with Gasteiger partial charge in [-0.2, -0.15) is 5.26 Å². The Kier molecular flexibility index (Phi) is 8.75. The molecule has 0 aliphatic heterocycles. The zero-order chi connectivity index (χ0) is 9.07. The molecule has 0 aromatic heterocycles. The number of nitrogens with one attached hydrogen (secondary N) is 1. The highest BCUT2D eigenvalue weighted by molar-refractivity contribution is 5.45. The van der Waals surface area contributed by atoms with Crippen molar-refractivity contribution >= 4 is 6.41 Å². The smallest absolute Gasteiger partial charge is 0.286 e. The van der Waals surface area contributed by atoms with Crippen molar-refractivity contribution < 1.29 is 9.53 Å². The molecule has 0 fully saturated rings. The van der Waals surface area contributed by atoms with Gasteiger partial charge in [0, 0.05) is 6.54 Å². The van der Waals surface area contributed by atoms with Crippen LogP contribution in [0.4, 0.5) is 0 Å². The summed E-state index contributed by atoms with van der Waals surface area (Å²) in [5, 5.41) is 10.6. The van der Waals surface area contributed by atoms with E-state index in [1.54, 1.807) is 6.26 Å². The van der Waals surface area contributed by atoms with Gasteiger partial charge < -0.3 is 10.1 Å². The minimum Gasteiger partial charge on any atom is -0.428 e. The van der Waals surface area contributed by atoms with Crippen LogP contribution >= 0.6 is 0 Å². The van der Waals surface area contributed by atoms with Gasteiger partial charge in [0.25, 0.3) is 6.26 Å². The summed E-state index contributed by atoms with van der Waals surface area (Å²) in [7, 11) is 0. The third-order valence-corrected chi connectivity index (χ3v) is 1.47. The van der Waals surface area contributed by atoms with Crippen molar-refractivity contribution in [1.82, 2.24) is 5.32 Å². The van der Waals surface area contributed by atoms with E-state index in [0.29, 0.717) is 13.0 Å². The number of ether oxygens (including phenoxy) is 1. The number of hydrogen-bond donors (Lipinski definition) is 1. The monoisotopic (exact) mass is 170 g/mol. The maximum atomic E-state index is 9.81. The van der Waals surface area contributed by atoms with Crippen molar-refractivity contribution in [3.8, 4) is 6.26 Å². The molecular weight excluding hydrogens is 156 g/mol. The molecule has 0 saturated heterocycles. The van der Waals surface area contributed by atoms with Gasteiger partial charge in [0.15, 0.2) is 0 Å². The van der Waals surface area contributed by atoms with Gasteiger partial charge in [-0.1, -0.05) is 6.42 Å². The Hall–Kier alpha value is -1.24. The van der Waals surface area contributed by atoms with Crippen LogP contribution in [0.2, 0.25) is 0 Å². The van der Waals surface area contributed by atoms with Gasteiger partial charge in [0.05, 0.1) is 0 Å². The lowest BCUT2D eigenvalue weighted by Crippen LogP contribution is -2.11. The van der Waals surface area contributed by atoms with E-state index in [1.165, 1.54) is 0 Å². The summed E-state index contributed by atoms with van der Waals surface area (Å²) in [6.45, 7) is 1.25. The molecule has 4 heteroatoms. The van der Waals surface area contributed by atoms with Crippen molar-refractivity contribution in [2.24, 2.45) is 0 Å². The van der Waals surface area contributed by atoms with Crippen LogP contribution in [0.25, 0.3) is 0 Å². The fourth-order valence-electron chi connectivity index (χ4n) is 0.859. The molecule has 0 bridgehead atoms.